The van der Waals surface area contributed by atoms with Crippen molar-refractivity contribution in [2.24, 2.45) is 0 Å². The van der Waals surface area contributed by atoms with Crippen molar-refractivity contribution in [1.82, 2.24) is 5.32 Å². The maximum Gasteiger partial charge on any atom is 0.416 e. The number of carbonyl (C=O) groups excluding carboxylic acids is 2. The minimum absolute atomic E-state index is 0.0530. The Labute approximate surface area is 153 Å². The van der Waals surface area contributed by atoms with Crippen molar-refractivity contribution in [3.8, 4) is 0 Å². The highest BCUT2D eigenvalue weighted by atomic mass is 19.4. The number of halogens is 3. The van der Waals surface area contributed by atoms with E-state index in [4.69, 9.17) is 4.74 Å². The summed E-state index contributed by atoms with van der Waals surface area (Å²) in [5, 5.41) is 14.5. The van der Waals surface area contributed by atoms with E-state index in [2.05, 4.69) is 15.4 Å². The summed E-state index contributed by atoms with van der Waals surface area (Å²) in [5.74, 6) is -0.428. The van der Waals surface area contributed by atoms with Gasteiger partial charge >= 0.3 is 18.2 Å². The Hall–Kier alpha value is -2.33. The summed E-state index contributed by atoms with van der Waals surface area (Å²) < 4.78 is 47.8. The van der Waals surface area contributed by atoms with Gasteiger partial charge in [0.1, 0.15) is 6.10 Å². The highest BCUT2D eigenvalue weighted by Gasteiger charge is 2.33. The number of rotatable bonds is 5. The van der Waals surface area contributed by atoms with Crippen molar-refractivity contribution in [2.45, 2.75) is 43.7 Å². The largest absolute Gasteiger partial charge is 0.469 e. The normalized spacial score (nSPS) is 22.8. The van der Waals surface area contributed by atoms with Crippen LogP contribution >= 0.6 is 0 Å². The Kier molecular flexibility index (Phi) is 7.03. The molecule has 7 nitrogen and oxygen atoms in total. The van der Waals surface area contributed by atoms with Crippen LogP contribution in [0.2, 0.25) is 0 Å². The molecule has 0 bridgehead atoms. The number of amides is 2. The van der Waals surface area contributed by atoms with Gasteiger partial charge in [-0.2, -0.15) is 13.2 Å². The van der Waals surface area contributed by atoms with Gasteiger partial charge in [-0.25, -0.2) is 4.79 Å². The second kappa shape index (κ2) is 9.05. The molecule has 0 spiro atoms. The van der Waals surface area contributed by atoms with Crippen LogP contribution in [0, 0.1) is 0 Å². The Bertz CT molecular complexity index is 651. The molecule has 1 aliphatic heterocycles. The molecule has 27 heavy (non-hydrogen) atoms. The number of aliphatic hydroxyl groups is 1. The average Bonchev–Trinajstić information content (AvgIpc) is 2.62. The lowest BCUT2D eigenvalue weighted by Gasteiger charge is -2.35. The lowest BCUT2D eigenvalue weighted by Crippen LogP contribution is -2.52. The number of hydrogen-bond donors (Lipinski definition) is 3. The molecule has 150 valence electrons. The van der Waals surface area contributed by atoms with Crippen LogP contribution in [0.25, 0.3) is 0 Å². The smallest absolute Gasteiger partial charge is 0.416 e. The summed E-state index contributed by atoms with van der Waals surface area (Å²) in [5.41, 5.74) is -0.618. The Morgan fingerprint density at radius 2 is 1.93 bits per heavy atom. The van der Waals surface area contributed by atoms with E-state index in [0.29, 0.717) is 12.8 Å². The first kappa shape index (κ1) is 21.0. The zero-order valence-electron chi connectivity index (χ0n) is 14.6. The van der Waals surface area contributed by atoms with Crippen LogP contribution in [-0.2, 0) is 20.4 Å². The quantitative estimate of drug-likeness (QED) is 0.671. The molecule has 3 atom stereocenters. The highest BCUT2D eigenvalue weighted by Crippen LogP contribution is 2.29. The topological polar surface area (TPSA) is 96.9 Å². The molecule has 1 aromatic rings. The van der Waals surface area contributed by atoms with Crippen molar-refractivity contribution in [3.05, 3.63) is 29.8 Å². The third-order valence-electron chi connectivity index (χ3n) is 4.20. The first-order valence-corrected chi connectivity index (χ1v) is 8.31. The van der Waals surface area contributed by atoms with Crippen molar-refractivity contribution in [2.75, 3.05) is 19.0 Å². The van der Waals surface area contributed by atoms with E-state index in [1.54, 1.807) is 0 Å². The Balaban J connectivity index is 1.88. The van der Waals surface area contributed by atoms with Gasteiger partial charge in [-0.05, 0) is 37.1 Å². The molecule has 0 aliphatic carbocycles. The van der Waals surface area contributed by atoms with Gasteiger partial charge in [-0.1, -0.05) is 0 Å². The highest BCUT2D eigenvalue weighted by molar-refractivity contribution is 5.89. The minimum atomic E-state index is -4.45. The Morgan fingerprint density at radius 1 is 1.26 bits per heavy atom. The number of anilines is 1. The number of urea groups is 1. The molecular formula is C17H21F3N2O5. The van der Waals surface area contributed by atoms with Crippen LogP contribution < -0.4 is 10.6 Å². The van der Waals surface area contributed by atoms with E-state index in [1.807, 2.05) is 0 Å². The number of hydrogen-bond acceptors (Lipinski definition) is 5. The van der Waals surface area contributed by atoms with Gasteiger partial charge in [-0.15, -0.1) is 0 Å². The molecule has 3 N–H and O–H groups in total. The van der Waals surface area contributed by atoms with Gasteiger partial charge < -0.3 is 25.2 Å². The average molecular weight is 390 g/mol. The molecule has 1 aromatic carbocycles. The first-order valence-electron chi connectivity index (χ1n) is 8.31. The zero-order valence-corrected chi connectivity index (χ0v) is 14.6. The molecule has 0 aromatic heterocycles. The van der Waals surface area contributed by atoms with Crippen LogP contribution in [0.5, 0.6) is 0 Å². The Morgan fingerprint density at radius 3 is 2.48 bits per heavy atom. The minimum Gasteiger partial charge on any atom is -0.469 e. The van der Waals surface area contributed by atoms with Gasteiger partial charge in [0.05, 0.1) is 37.8 Å². The second-order valence-corrected chi connectivity index (χ2v) is 6.12. The number of aliphatic hydroxyl groups excluding tert-OH is 1. The molecule has 0 saturated carbocycles. The summed E-state index contributed by atoms with van der Waals surface area (Å²) in [6.07, 6.45) is -4.56. The van der Waals surface area contributed by atoms with E-state index in [9.17, 15) is 27.9 Å². The second-order valence-electron chi connectivity index (χ2n) is 6.12. The van der Waals surface area contributed by atoms with Gasteiger partial charge in [0.15, 0.2) is 0 Å². The molecule has 1 saturated heterocycles. The lowest BCUT2D eigenvalue weighted by atomic mass is 9.97. The summed E-state index contributed by atoms with van der Waals surface area (Å²) >= 11 is 0. The van der Waals surface area contributed by atoms with Crippen LogP contribution in [0.4, 0.5) is 23.7 Å². The lowest BCUT2D eigenvalue weighted by molar-refractivity contribution is -0.149. The fraction of sp³-hybridized carbons (Fsp3) is 0.529. The third kappa shape index (κ3) is 6.10. The number of ether oxygens (including phenoxy) is 2. The SMILES string of the molecule is COC(=O)C[C@H]1CC[C@@H](NC(=O)Nc2ccc(C(F)(F)F)cc2)[C@H](CO)O1. The van der Waals surface area contributed by atoms with Crippen molar-refractivity contribution in [3.63, 3.8) is 0 Å². The standard InChI is InChI=1S/C17H21F3N2O5/c1-26-15(24)8-12-6-7-13(14(9-23)27-12)22-16(25)21-11-4-2-10(3-5-11)17(18,19)20/h2-5,12-14,23H,6-9H2,1H3,(H2,21,22,25)/t12-,13-,14+/m1/s1. The van der Waals surface area contributed by atoms with Gasteiger partial charge in [-0.3, -0.25) is 4.79 Å². The molecule has 1 fully saturated rings. The molecule has 10 heteroatoms. The number of nitrogens with one attached hydrogen (secondary N) is 2. The predicted molar refractivity (Wildman–Crippen MR) is 89.0 cm³/mol. The van der Waals surface area contributed by atoms with Crippen LogP contribution in [0.1, 0.15) is 24.8 Å². The van der Waals surface area contributed by atoms with Gasteiger partial charge in [0.25, 0.3) is 0 Å². The fourth-order valence-corrected chi connectivity index (χ4v) is 2.79. The number of esters is 1. The van der Waals surface area contributed by atoms with Gasteiger partial charge in [0, 0.05) is 5.69 Å². The maximum absolute atomic E-state index is 12.5. The van der Waals surface area contributed by atoms with Crippen molar-refractivity contribution in [1.29, 1.82) is 0 Å². The number of carbonyl (C=O) groups is 2. The maximum atomic E-state index is 12.5. The van der Waals surface area contributed by atoms with E-state index in [0.717, 1.165) is 24.3 Å². The third-order valence-corrected chi connectivity index (χ3v) is 4.20. The van der Waals surface area contributed by atoms with E-state index >= 15 is 0 Å². The van der Waals surface area contributed by atoms with Crippen LogP contribution in [-0.4, -0.2) is 49.1 Å². The van der Waals surface area contributed by atoms with Crippen LogP contribution in [0.3, 0.4) is 0 Å². The molecular weight excluding hydrogens is 369 g/mol. The fourth-order valence-electron chi connectivity index (χ4n) is 2.79. The predicted octanol–water partition coefficient (Wildman–Crippen LogP) is 2.30. The van der Waals surface area contributed by atoms with Gasteiger partial charge in [0.2, 0.25) is 0 Å². The number of methoxy groups -OCH3 is 1. The monoisotopic (exact) mass is 390 g/mol. The van der Waals surface area contributed by atoms with E-state index in [1.165, 1.54) is 7.11 Å². The van der Waals surface area contributed by atoms with Crippen molar-refractivity contribution < 1.29 is 37.3 Å². The molecule has 1 aliphatic rings. The number of benzene rings is 1. The zero-order chi connectivity index (χ0) is 20.0. The van der Waals surface area contributed by atoms with E-state index in [-0.39, 0.29) is 18.7 Å². The molecule has 2 amide bonds. The molecule has 1 heterocycles. The molecule has 0 unspecified atom stereocenters. The summed E-state index contributed by atoms with van der Waals surface area (Å²) in [6, 6.07) is 2.90. The number of alkyl halides is 3. The molecule has 0 radical (unpaired) electrons. The van der Waals surface area contributed by atoms with Crippen LogP contribution in [0.15, 0.2) is 24.3 Å². The van der Waals surface area contributed by atoms with E-state index < -0.39 is 42.0 Å². The summed E-state index contributed by atoms with van der Waals surface area (Å²) in [6.45, 7) is -0.358. The summed E-state index contributed by atoms with van der Waals surface area (Å²) in [7, 11) is 1.27. The molecule has 2 rings (SSSR count). The first-order chi connectivity index (χ1) is 12.7. The van der Waals surface area contributed by atoms with Crippen molar-refractivity contribution >= 4 is 17.7 Å². The summed E-state index contributed by atoms with van der Waals surface area (Å²) in [4.78, 5) is 23.4.